The second-order valence-corrected chi connectivity index (χ2v) is 5.01. The molecule has 2 rings (SSSR count). The molecule has 1 aromatic carbocycles. The average molecular weight is 254 g/mol. The Morgan fingerprint density at radius 1 is 1.29 bits per heavy atom. The van der Waals surface area contributed by atoms with E-state index in [0.29, 0.717) is 6.54 Å². The second-order valence-electron chi connectivity index (χ2n) is 4.61. The van der Waals surface area contributed by atoms with Gasteiger partial charge in [-0.2, -0.15) is 0 Å². The van der Waals surface area contributed by atoms with Gasteiger partial charge in [-0.3, -0.25) is 0 Å². The number of aryl methyl sites for hydroxylation is 1. The molecule has 1 aromatic rings. The van der Waals surface area contributed by atoms with Gasteiger partial charge in [0.1, 0.15) is 5.75 Å². The van der Waals surface area contributed by atoms with Crippen LogP contribution in [0.1, 0.15) is 36.0 Å². The number of benzene rings is 1. The van der Waals surface area contributed by atoms with E-state index >= 15 is 0 Å². The molecule has 2 N–H and O–H groups in total. The highest BCUT2D eigenvalue weighted by atomic mass is 35.5. The number of rotatable bonds is 3. The van der Waals surface area contributed by atoms with E-state index in [1.165, 1.54) is 36.0 Å². The smallest absolute Gasteiger partial charge is 0.140 e. The third kappa shape index (κ3) is 2.58. The van der Waals surface area contributed by atoms with Crippen molar-refractivity contribution in [1.82, 2.24) is 0 Å². The predicted octanol–water partition coefficient (Wildman–Crippen LogP) is 3.12. The quantitative estimate of drug-likeness (QED) is 0.840. The molecule has 1 aliphatic rings. The van der Waals surface area contributed by atoms with Gasteiger partial charge >= 0.3 is 0 Å². The van der Waals surface area contributed by atoms with Gasteiger partial charge in [-0.1, -0.05) is 18.0 Å². The maximum Gasteiger partial charge on any atom is 0.140 e. The van der Waals surface area contributed by atoms with Crippen LogP contribution in [0.5, 0.6) is 5.75 Å². The van der Waals surface area contributed by atoms with Crippen LogP contribution in [0.2, 0.25) is 5.02 Å². The van der Waals surface area contributed by atoms with E-state index in [2.05, 4.69) is 6.07 Å². The Kier molecular flexibility index (Phi) is 4.30. The van der Waals surface area contributed by atoms with Gasteiger partial charge in [0.25, 0.3) is 0 Å². The fraction of sp³-hybridized carbons (Fsp3) is 0.571. The summed E-state index contributed by atoms with van der Waals surface area (Å²) in [6.45, 7) is 0.642. The van der Waals surface area contributed by atoms with Gasteiger partial charge in [-0.15, -0.1) is 0 Å². The van der Waals surface area contributed by atoms with Crippen LogP contribution >= 0.6 is 11.6 Å². The Morgan fingerprint density at radius 3 is 2.76 bits per heavy atom. The van der Waals surface area contributed by atoms with Crippen molar-refractivity contribution in [3.63, 3.8) is 0 Å². The molecule has 0 spiro atoms. The third-order valence-corrected chi connectivity index (χ3v) is 3.80. The topological polar surface area (TPSA) is 35.2 Å². The van der Waals surface area contributed by atoms with Crippen molar-refractivity contribution in [2.24, 2.45) is 5.73 Å². The van der Waals surface area contributed by atoms with E-state index in [4.69, 9.17) is 22.1 Å². The lowest BCUT2D eigenvalue weighted by Crippen LogP contribution is -2.09. The van der Waals surface area contributed by atoms with Crippen LogP contribution in [-0.4, -0.2) is 13.7 Å². The second kappa shape index (κ2) is 5.74. The summed E-state index contributed by atoms with van der Waals surface area (Å²) in [6, 6.07) is 2.08. The fourth-order valence-corrected chi connectivity index (χ4v) is 3.06. The lowest BCUT2D eigenvalue weighted by Gasteiger charge is -2.17. The molecule has 2 nitrogen and oxygen atoms in total. The first-order valence-corrected chi connectivity index (χ1v) is 6.73. The molecule has 17 heavy (non-hydrogen) atoms. The van der Waals surface area contributed by atoms with Gasteiger partial charge in [-0.05, 0) is 55.8 Å². The van der Waals surface area contributed by atoms with Crippen molar-refractivity contribution in [2.45, 2.75) is 38.5 Å². The minimum Gasteiger partial charge on any atom is -0.495 e. The standard InChI is InChI=1S/C14H20ClNO/c1-17-14-12(7-8-16)11-6-4-2-3-5-10(11)9-13(14)15/h9H,2-8,16H2,1H3. The molecule has 0 bridgehead atoms. The van der Waals surface area contributed by atoms with Crippen LogP contribution in [-0.2, 0) is 19.3 Å². The van der Waals surface area contributed by atoms with Gasteiger partial charge in [0.2, 0.25) is 0 Å². The fourth-order valence-electron chi connectivity index (χ4n) is 2.74. The van der Waals surface area contributed by atoms with Crippen molar-refractivity contribution in [3.05, 3.63) is 27.8 Å². The summed E-state index contributed by atoms with van der Waals surface area (Å²) in [5.41, 5.74) is 9.78. The molecule has 0 aromatic heterocycles. The monoisotopic (exact) mass is 253 g/mol. The number of hydrogen-bond acceptors (Lipinski definition) is 2. The Hall–Kier alpha value is -0.730. The summed E-state index contributed by atoms with van der Waals surface area (Å²) >= 11 is 6.29. The maximum absolute atomic E-state index is 6.29. The zero-order chi connectivity index (χ0) is 12.3. The third-order valence-electron chi connectivity index (χ3n) is 3.52. The minimum absolute atomic E-state index is 0.642. The largest absolute Gasteiger partial charge is 0.495 e. The zero-order valence-corrected chi connectivity index (χ0v) is 11.1. The van der Waals surface area contributed by atoms with Gasteiger partial charge in [0.15, 0.2) is 0 Å². The number of ether oxygens (including phenoxy) is 1. The molecule has 0 fully saturated rings. The Balaban J connectivity index is 2.53. The van der Waals surface area contributed by atoms with E-state index in [9.17, 15) is 0 Å². The summed E-state index contributed by atoms with van der Waals surface area (Å²) in [4.78, 5) is 0. The molecular formula is C14H20ClNO. The Morgan fingerprint density at radius 2 is 2.06 bits per heavy atom. The summed E-state index contributed by atoms with van der Waals surface area (Å²) in [7, 11) is 1.68. The lowest BCUT2D eigenvalue weighted by atomic mass is 9.94. The van der Waals surface area contributed by atoms with Crippen LogP contribution in [0, 0.1) is 0 Å². The minimum atomic E-state index is 0.642. The number of methoxy groups -OCH3 is 1. The first-order chi connectivity index (χ1) is 8.27. The van der Waals surface area contributed by atoms with Gasteiger partial charge in [-0.25, -0.2) is 0 Å². The molecule has 94 valence electrons. The number of nitrogens with two attached hydrogens (primary N) is 1. The van der Waals surface area contributed by atoms with Crippen molar-refractivity contribution in [3.8, 4) is 5.75 Å². The van der Waals surface area contributed by atoms with Crippen LogP contribution in [0.15, 0.2) is 6.07 Å². The first kappa shape index (κ1) is 12.7. The van der Waals surface area contributed by atoms with Crippen LogP contribution < -0.4 is 10.5 Å². The lowest BCUT2D eigenvalue weighted by molar-refractivity contribution is 0.409. The number of halogens is 1. The van der Waals surface area contributed by atoms with Gasteiger partial charge in [0.05, 0.1) is 12.1 Å². The molecule has 0 saturated heterocycles. The summed E-state index contributed by atoms with van der Waals surface area (Å²) in [5, 5.41) is 0.733. The maximum atomic E-state index is 6.29. The molecule has 0 atom stereocenters. The van der Waals surface area contributed by atoms with Crippen LogP contribution in [0.3, 0.4) is 0 Å². The molecule has 0 heterocycles. The zero-order valence-electron chi connectivity index (χ0n) is 10.4. The van der Waals surface area contributed by atoms with E-state index in [1.807, 2.05) is 0 Å². The van der Waals surface area contributed by atoms with E-state index < -0.39 is 0 Å². The van der Waals surface area contributed by atoms with E-state index in [1.54, 1.807) is 7.11 Å². The molecule has 0 unspecified atom stereocenters. The van der Waals surface area contributed by atoms with Crippen molar-refractivity contribution >= 4 is 11.6 Å². The highest BCUT2D eigenvalue weighted by Gasteiger charge is 2.18. The molecule has 0 aliphatic heterocycles. The number of fused-ring (bicyclic) bond motifs is 1. The van der Waals surface area contributed by atoms with Crippen molar-refractivity contribution < 1.29 is 4.74 Å². The predicted molar refractivity (Wildman–Crippen MR) is 72.0 cm³/mol. The SMILES string of the molecule is COc1c(Cl)cc2c(c1CCN)CCCCC2. The molecule has 1 aliphatic carbocycles. The molecule has 0 radical (unpaired) electrons. The molecule has 0 saturated carbocycles. The Labute approximate surface area is 108 Å². The normalized spacial score (nSPS) is 15.2. The van der Waals surface area contributed by atoms with Crippen LogP contribution in [0.25, 0.3) is 0 Å². The number of hydrogen-bond donors (Lipinski definition) is 1. The molecular weight excluding hydrogens is 234 g/mol. The summed E-state index contributed by atoms with van der Waals surface area (Å²) in [6.07, 6.45) is 6.95. The van der Waals surface area contributed by atoms with Gasteiger partial charge in [0, 0.05) is 5.56 Å². The van der Waals surface area contributed by atoms with Crippen molar-refractivity contribution in [1.29, 1.82) is 0 Å². The highest BCUT2D eigenvalue weighted by Crippen LogP contribution is 2.36. The Bertz CT molecular complexity index is 404. The van der Waals surface area contributed by atoms with E-state index in [-0.39, 0.29) is 0 Å². The van der Waals surface area contributed by atoms with Gasteiger partial charge < -0.3 is 10.5 Å². The molecule has 3 heteroatoms. The highest BCUT2D eigenvalue weighted by molar-refractivity contribution is 6.32. The average Bonchev–Trinajstić information content (AvgIpc) is 2.54. The summed E-state index contributed by atoms with van der Waals surface area (Å²) in [5.74, 6) is 0.831. The first-order valence-electron chi connectivity index (χ1n) is 6.35. The summed E-state index contributed by atoms with van der Waals surface area (Å²) < 4.78 is 5.45. The van der Waals surface area contributed by atoms with E-state index in [0.717, 1.165) is 30.0 Å². The van der Waals surface area contributed by atoms with Crippen LogP contribution in [0.4, 0.5) is 0 Å². The molecule has 0 amide bonds. The van der Waals surface area contributed by atoms with Crippen molar-refractivity contribution in [2.75, 3.05) is 13.7 Å².